The van der Waals surface area contributed by atoms with Gasteiger partial charge in [0.25, 0.3) is 0 Å². The summed E-state index contributed by atoms with van der Waals surface area (Å²) >= 11 is 6.89. The molecular formula is C25H23ClN2O2. The van der Waals surface area contributed by atoms with Crippen molar-refractivity contribution < 1.29 is 9.47 Å². The molecule has 0 N–H and O–H groups in total. The maximum Gasteiger partial charge on any atom is 0.118 e. The maximum atomic E-state index is 6.89. The average molecular weight is 419 g/mol. The summed E-state index contributed by atoms with van der Waals surface area (Å²) in [5.74, 6) is 1.60. The van der Waals surface area contributed by atoms with Gasteiger partial charge < -0.3 is 9.47 Å². The van der Waals surface area contributed by atoms with Gasteiger partial charge in [0.2, 0.25) is 0 Å². The third-order valence-corrected chi connectivity index (χ3v) is 5.43. The summed E-state index contributed by atoms with van der Waals surface area (Å²) < 4.78 is 12.5. The number of halogens is 1. The van der Waals surface area contributed by atoms with Gasteiger partial charge in [-0.15, -0.1) is 0 Å². The first-order valence-electron chi connectivity index (χ1n) is 9.69. The third kappa shape index (κ3) is 4.05. The molecule has 4 aromatic rings. The second kappa shape index (κ2) is 8.64. The molecule has 1 aromatic heterocycles. The minimum absolute atomic E-state index is 0.623. The van der Waals surface area contributed by atoms with E-state index in [9.17, 15) is 0 Å². The number of methoxy groups -OCH3 is 2. The molecule has 0 saturated heterocycles. The van der Waals surface area contributed by atoms with E-state index in [0.717, 1.165) is 39.6 Å². The Balaban J connectivity index is 1.81. The largest absolute Gasteiger partial charge is 0.497 e. The van der Waals surface area contributed by atoms with Crippen LogP contribution in [-0.4, -0.2) is 24.0 Å². The molecule has 0 unspecified atom stereocenters. The van der Waals surface area contributed by atoms with Gasteiger partial charge in [-0.05, 0) is 61.0 Å². The number of ether oxygens (including phenoxy) is 2. The van der Waals surface area contributed by atoms with Crippen LogP contribution in [0.2, 0.25) is 5.02 Å². The number of hydrogen-bond donors (Lipinski definition) is 0. The summed E-state index contributed by atoms with van der Waals surface area (Å²) in [5.41, 5.74) is 5.95. The van der Waals surface area contributed by atoms with Crippen LogP contribution in [0.5, 0.6) is 11.5 Å². The molecule has 0 bridgehead atoms. The molecule has 3 aromatic carbocycles. The lowest BCUT2D eigenvalue weighted by atomic mass is 10.1. The topological polar surface area (TPSA) is 36.3 Å². The Bertz CT molecular complexity index is 1130. The van der Waals surface area contributed by atoms with Crippen molar-refractivity contribution in [2.24, 2.45) is 0 Å². The molecule has 152 valence electrons. The number of rotatable bonds is 6. The monoisotopic (exact) mass is 418 g/mol. The predicted octanol–water partition coefficient (Wildman–Crippen LogP) is 6.24. The van der Waals surface area contributed by atoms with Crippen molar-refractivity contribution in [1.29, 1.82) is 0 Å². The Hall–Kier alpha value is -3.24. The van der Waals surface area contributed by atoms with E-state index in [0.29, 0.717) is 11.6 Å². The van der Waals surface area contributed by atoms with Gasteiger partial charge in [0.1, 0.15) is 17.2 Å². The van der Waals surface area contributed by atoms with Crippen LogP contribution in [0.3, 0.4) is 0 Å². The summed E-state index contributed by atoms with van der Waals surface area (Å²) in [6, 6.07) is 24.1. The van der Waals surface area contributed by atoms with Gasteiger partial charge in [0.05, 0.1) is 31.5 Å². The van der Waals surface area contributed by atoms with Crippen molar-refractivity contribution in [2.75, 3.05) is 14.2 Å². The van der Waals surface area contributed by atoms with Crippen LogP contribution < -0.4 is 9.47 Å². The van der Waals surface area contributed by atoms with Crippen LogP contribution in [0.1, 0.15) is 11.1 Å². The molecule has 1 heterocycles. The van der Waals surface area contributed by atoms with Gasteiger partial charge in [-0.2, -0.15) is 5.10 Å². The zero-order chi connectivity index (χ0) is 21.1. The molecular weight excluding hydrogens is 396 g/mol. The Morgan fingerprint density at radius 2 is 1.30 bits per heavy atom. The van der Waals surface area contributed by atoms with Crippen molar-refractivity contribution in [3.8, 4) is 34.0 Å². The first-order valence-corrected chi connectivity index (χ1v) is 10.1. The highest BCUT2D eigenvalue weighted by molar-refractivity contribution is 6.35. The Morgan fingerprint density at radius 1 is 0.767 bits per heavy atom. The maximum absolute atomic E-state index is 6.89. The molecule has 0 aliphatic rings. The van der Waals surface area contributed by atoms with Crippen LogP contribution >= 0.6 is 11.6 Å². The van der Waals surface area contributed by atoms with E-state index in [4.69, 9.17) is 26.2 Å². The summed E-state index contributed by atoms with van der Waals surface area (Å²) in [4.78, 5) is 0. The van der Waals surface area contributed by atoms with Crippen LogP contribution in [0.4, 0.5) is 0 Å². The molecule has 4 nitrogen and oxygen atoms in total. The highest BCUT2D eigenvalue weighted by Gasteiger charge is 2.19. The Labute approximate surface area is 181 Å². The number of benzene rings is 3. The quantitative estimate of drug-likeness (QED) is 0.371. The number of nitrogens with zero attached hydrogens (tertiary/aromatic N) is 2. The highest BCUT2D eigenvalue weighted by atomic mass is 35.5. The number of hydrogen-bond acceptors (Lipinski definition) is 3. The smallest absolute Gasteiger partial charge is 0.118 e. The van der Waals surface area contributed by atoms with E-state index in [1.165, 1.54) is 5.56 Å². The highest BCUT2D eigenvalue weighted by Crippen LogP contribution is 2.37. The second-order valence-electron chi connectivity index (χ2n) is 7.11. The fourth-order valence-electron chi connectivity index (χ4n) is 3.38. The normalized spacial score (nSPS) is 10.8. The molecule has 0 radical (unpaired) electrons. The van der Waals surface area contributed by atoms with E-state index in [-0.39, 0.29) is 0 Å². The fourth-order valence-corrected chi connectivity index (χ4v) is 3.73. The third-order valence-electron chi connectivity index (χ3n) is 5.07. The summed E-state index contributed by atoms with van der Waals surface area (Å²) in [6.45, 7) is 2.71. The SMILES string of the molecule is COc1ccc(-c2nn(Cc3ccc(C)cc3)c(-c3ccc(OC)cc3)c2Cl)cc1. The van der Waals surface area contributed by atoms with E-state index in [1.54, 1.807) is 14.2 Å². The van der Waals surface area contributed by atoms with Gasteiger partial charge in [0.15, 0.2) is 0 Å². The average Bonchev–Trinajstić information content (AvgIpc) is 3.11. The molecule has 0 aliphatic heterocycles. The van der Waals surface area contributed by atoms with Gasteiger partial charge in [-0.1, -0.05) is 41.4 Å². The van der Waals surface area contributed by atoms with E-state index in [1.807, 2.05) is 53.2 Å². The van der Waals surface area contributed by atoms with Gasteiger partial charge in [-0.3, -0.25) is 4.68 Å². The standard InChI is InChI=1S/C25H23ClN2O2/c1-17-4-6-18(7-5-17)16-28-25(20-10-14-22(30-3)15-11-20)23(26)24(27-28)19-8-12-21(29-2)13-9-19/h4-15H,16H2,1-3H3. The molecule has 0 spiro atoms. The zero-order valence-corrected chi connectivity index (χ0v) is 18.0. The molecule has 0 atom stereocenters. The summed E-state index contributed by atoms with van der Waals surface area (Å²) in [7, 11) is 3.31. The van der Waals surface area contributed by atoms with E-state index in [2.05, 4.69) is 31.2 Å². The van der Waals surface area contributed by atoms with Gasteiger partial charge >= 0.3 is 0 Å². The van der Waals surface area contributed by atoms with Crippen molar-refractivity contribution in [2.45, 2.75) is 13.5 Å². The van der Waals surface area contributed by atoms with Gasteiger partial charge in [0, 0.05) is 11.1 Å². The number of aromatic nitrogens is 2. The van der Waals surface area contributed by atoms with E-state index < -0.39 is 0 Å². The van der Waals surface area contributed by atoms with Gasteiger partial charge in [-0.25, -0.2) is 0 Å². The van der Waals surface area contributed by atoms with Crippen LogP contribution in [-0.2, 0) is 6.54 Å². The van der Waals surface area contributed by atoms with Crippen molar-refractivity contribution in [3.05, 3.63) is 88.9 Å². The lowest BCUT2D eigenvalue weighted by molar-refractivity contribution is 0.414. The molecule has 4 rings (SSSR count). The minimum Gasteiger partial charge on any atom is -0.497 e. The number of aryl methyl sites for hydroxylation is 1. The zero-order valence-electron chi connectivity index (χ0n) is 17.2. The van der Waals surface area contributed by atoms with Crippen LogP contribution in [0, 0.1) is 6.92 Å². The fraction of sp³-hybridized carbons (Fsp3) is 0.160. The molecule has 0 saturated carbocycles. The summed E-state index contributed by atoms with van der Waals surface area (Å²) in [6.07, 6.45) is 0. The van der Waals surface area contributed by atoms with Crippen molar-refractivity contribution in [1.82, 2.24) is 9.78 Å². The molecule has 0 fully saturated rings. The first-order chi connectivity index (χ1) is 14.6. The lowest BCUT2D eigenvalue weighted by Gasteiger charge is -2.09. The molecule has 0 aliphatic carbocycles. The summed E-state index contributed by atoms with van der Waals surface area (Å²) in [5, 5.41) is 5.51. The van der Waals surface area contributed by atoms with E-state index >= 15 is 0 Å². The second-order valence-corrected chi connectivity index (χ2v) is 7.49. The van der Waals surface area contributed by atoms with Crippen molar-refractivity contribution >= 4 is 11.6 Å². The Morgan fingerprint density at radius 3 is 1.83 bits per heavy atom. The predicted molar refractivity (Wildman–Crippen MR) is 121 cm³/mol. The lowest BCUT2D eigenvalue weighted by Crippen LogP contribution is -2.04. The Kier molecular flexibility index (Phi) is 5.77. The molecule has 5 heteroatoms. The molecule has 30 heavy (non-hydrogen) atoms. The molecule has 0 amide bonds. The minimum atomic E-state index is 0.623. The van der Waals surface area contributed by atoms with Crippen LogP contribution in [0.15, 0.2) is 72.8 Å². The first kappa shape index (κ1) is 20.0. The van der Waals surface area contributed by atoms with Crippen LogP contribution in [0.25, 0.3) is 22.5 Å². The van der Waals surface area contributed by atoms with Crippen molar-refractivity contribution in [3.63, 3.8) is 0 Å².